The van der Waals surface area contributed by atoms with Crippen molar-refractivity contribution < 1.29 is 13.9 Å². The Hall–Kier alpha value is -2.23. The van der Waals surface area contributed by atoms with Gasteiger partial charge in [-0.3, -0.25) is 9.78 Å². The van der Waals surface area contributed by atoms with E-state index in [-0.39, 0.29) is 5.75 Å². The van der Waals surface area contributed by atoms with Gasteiger partial charge in [0.2, 0.25) is 0 Å². The van der Waals surface area contributed by atoms with Crippen LogP contribution in [0.1, 0.15) is 10.4 Å². The molecule has 1 aromatic carbocycles. The van der Waals surface area contributed by atoms with Crippen molar-refractivity contribution in [3.63, 3.8) is 0 Å². The van der Waals surface area contributed by atoms with Crippen LogP contribution in [0.25, 0.3) is 11.1 Å². The van der Waals surface area contributed by atoms with Gasteiger partial charge >= 0.3 is 0 Å². The molecule has 0 aliphatic rings. The molecule has 0 aliphatic heterocycles. The maximum atomic E-state index is 14.0. The van der Waals surface area contributed by atoms with Crippen molar-refractivity contribution in [2.75, 3.05) is 7.11 Å². The second kappa shape index (κ2) is 4.74. The molecule has 0 saturated carbocycles. The maximum absolute atomic E-state index is 14.0. The summed E-state index contributed by atoms with van der Waals surface area (Å²) in [4.78, 5) is 14.5. The average Bonchev–Trinajstić information content (AvgIpc) is 2.39. The number of ether oxygens (including phenoxy) is 1. The Morgan fingerprint density at radius 2 is 2.18 bits per heavy atom. The van der Waals surface area contributed by atoms with Crippen LogP contribution in [0.4, 0.5) is 4.39 Å². The van der Waals surface area contributed by atoms with Crippen molar-refractivity contribution in [2.45, 2.75) is 0 Å². The van der Waals surface area contributed by atoms with E-state index in [2.05, 4.69) is 4.98 Å². The van der Waals surface area contributed by atoms with Crippen molar-refractivity contribution in [1.29, 1.82) is 0 Å². The number of benzene rings is 1. The fourth-order valence-electron chi connectivity index (χ4n) is 1.56. The molecule has 1 heterocycles. The van der Waals surface area contributed by atoms with Crippen LogP contribution in [0.5, 0.6) is 5.75 Å². The van der Waals surface area contributed by atoms with E-state index in [0.29, 0.717) is 23.0 Å². The summed E-state index contributed by atoms with van der Waals surface area (Å²) in [5.41, 5.74) is 1.32. The lowest BCUT2D eigenvalue weighted by Gasteiger charge is -2.07. The smallest absolute Gasteiger partial charge is 0.172 e. The average molecular weight is 231 g/mol. The minimum atomic E-state index is -0.458. The Bertz CT molecular complexity index is 555. The number of aldehydes is 1. The summed E-state index contributed by atoms with van der Waals surface area (Å²) in [6.45, 7) is 0. The van der Waals surface area contributed by atoms with Gasteiger partial charge in [0.25, 0.3) is 0 Å². The lowest BCUT2D eigenvalue weighted by molar-refractivity contribution is 0.112. The SMILES string of the molecule is COc1cccc(-c2cncc(C=O)c2)c1F. The zero-order valence-electron chi connectivity index (χ0n) is 9.18. The summed E-state index contributed by atoms with van der Waals surface area (Å²) in [6, 6.07) is 6.42. The van der Waals surface area contributed by atoms with E-state index in [0.717, 1.165) is 0 Å². The predicted octanol–water partition coefficient (Wildman–Crippen LogP) is 2.71. The highest BCUT2D eigenvalue weighted by Gasteiger charge is 2.10. The van der Waals surface area contributed by atoms with Gasteiger partial charge in [0.05, 0.1) is 7.11 Å². The van der Waals surface area contributed by atoms with E-state index in [9.17, 15) is 9.18 Å². The van der Waals surface area contributed by atoms with Gasteiger partial charge in [-0.05, 0) is 12.1 Å². The van der Waals surface area contributed by atoms with Gasteiger partial charge in [0.1, 0.15) is 0 Å². The number of pyridine rings is 1. The van der Waals surface area contributed by atoms with Crippen LogP contribution in [0, 0.1) is 5.82 Å². The van der Waals surface area contributed by atoms with Crippen molar-refractivity contribution >= 4 is 6.29 Å². The summed E-state index contributed by atoms with van der Waals surface area (Å²) in [5, 5.41) is 0. The summed E-state index contributed by atoms with van der Waals surface area (Å²) < 4.78 is 18.9. The van der Waals surface area contributed by atoms with E-state index in [1.54, 1.807) is 18.2 Å². The number of rotatable bonds is 3. The first-order valence-electron chi connectivity index (χ1n) is 4.99. The quantitative estimate of drug-likeness (QED) is 0.762. The van der Waals surface area contributed by atoms with Gasteiger partial charge in [-0.15, -0.1) is 0 Å². The molecule has 3 nitrogen and oxygen atoms in total. The van der Waals surface area contributed by atoms with Crippen molar-refractivity contribution in [3.8, 4) is 16.9 Å². The molecule has 2 aromatic rings. The first-order chi connectivity index (χ1) is 8.26. The van der Waals surface area contributed by atoms with E-state index < -0.39 is 5.82 Å². The Labute approximate surface area is 97.9 Å². The fourth-order valence-corrected chi connectivity index (χ4v) is 1.56. The van der Waals surface area contributed by atoms with E-state index in [4.69, 9.17) is 4.74 Å². The molecule has 2 rings (SSSR count). The van der Waals surface area contributed by atoms with Crippen LogP contribution < -0.4 is 4.74 Å². The highest BCUT2D eigenvalue weighted by Crippen LogP contribution is 2.28. The molecule has 0 amide bonds. The number of methoxy groups -OCH3 is 1. The van der Waals surface area contributed by atoms with Crippen LogP contribution in [0.15, 0.2) is 36.7 Å². The van der Waals surface area contributed by atoms with Crippen molar-refractivity contribution in [1.82, 2.24) is 4.98 Å². The number of carbonyl (C=O) groups is 1. The minimum Gasteiger partial charge on any atom is -0.494 e. The number of hydrogen-bond acceptors (Lipinski definition) is 3. The Balaban J connectivity index is 2.56. The van der Waals surface area contributed by atoms with Gasteiger partial charge < -0.3 is 4.74 Å². The summed E-state index contributed by atoms with van der Waals surface area (Å²) in [5.74, 6) is -0.293. The van der Waals surface area contributed by atoms with Crippen LogP contribution in [-0.2, 0) is 0 Å². The topological polar surface area (TPSA) is 39.2 Å². The number of nitrogens with zero attached hydrogens (tertiary/aromatic N) is 1. The Morgan fingerprint density at radius 1 is 1.35 bits per heavy atom. The number of halogens is 1. The standard InChI is InChI=1S/C13H10FNO2/c1-17-12-4-2-3-11(13(12)14)10-5-9(8-16)6-15-7-10/h2-8H,1H3. The molecule has 86 valence electrons. The zero-order chi connectivity index (χ0) is 12.3. The molecule has 17 heavy (non-hydrogen) atoms. The Morgan fingerprint density at radius 3 is 2.88 bits per heavy atom. The van der Waals surface area contributed by atoms with Gasteiger partial charge in [0, 0.05) is 29.1 Å². The second-order valence-electron chi connectivity index (χ2n) is 3.45. The highest BCUT2D eigenvalue weighted by atomic mass is 19.1. The maximum Gasteiger partial charge on any atom is 0.172 e. The number of carbonyl (C=O) groups excluding carboxylic acids is 1. The van der Waals surface area contributed by atoms with Gasteiger partial charge in [-0.1, -0.05) is 12.1 Å². The third kappa shape index (κ3) is 2.15. The molecule has 0 spiro atoms. The molecule has 0 radical (unpaired) electrons. The van der Waals surface area contributed by atoms with Crippen molar-refractivity contribution in [3.05, 3.63) is 48.0 Å². The molecule has 0 aliphatic carbocycles. The highest BCUT2D eigenvalue weighted by molar-refractivity contribution is 5.78. The van der Waals surface area contributed by atoms with Crippen LogP contribution in [0.2, 0.25) is 0 Å². The monoisotopic (exact) mass is 231 g/mol. The number of aromatic nitrogens is 1. The van der Waals surface area contributed by atoms with Gasteiger partial charge in [-0.2, -0.15) is 0 Å². The van der Waals surface area contributed by atoms with Crippen LogP contribution >= 0.6 is 0 Å². The largest absolute Gasteiger partial charge is 0.494 e. The third-order valence-electron chi connectivity index (χ3n) is 2.39. The molecule has 1 aromatic heterocycles. The number of hydrogen-bond donors (Lipinski definition) is 0. The van der Waals surface area contributed by atoms with E-state index in [1.165, 1.54) is 25.6 Å². The molecule has 0 bridgehead atoms. The molecule has 0 saturated heterocycles. The lowest BCUT2D eigenvalue weighted by Crippen LogP contribution is -1.92. The van der Waals surface area contributed by atoms with E-state index in [1.807, 2.05) is 0 Å². The van der Waals surface area contributed by atoms with Crippen LogP contribution in [0.3, 0.4) is 0 Å². The first kappa shape index (κ1) is 11.3. The molecule has 4 heteroatoms. The molecule has 0 unspecified atom stereocenters. The van der Waals surface area contributed by atoms with E-state index >= 15 is 0 Å². The Kier molecular flexibility index (Phi) is 3.14. The molecule has 0 atom stereocenters. The summed E-state index contributed by atoms with van der Waals surface area (Å²) >= 11 is 0. The summed E-state index contributed by atoms with van der Waals surface area (Å²) in [7, 11) is 1.41. The zero-order valence-corrected chi connectivity index (χ0v) is 9.18. The minimum absolute atomic E-state index is 0.166. The van der Waals surface area contributed by atoms with Crippen LogP contribution in [-0.4, -0.2) is 18.4 Å². The molecular weight excluding hydrogens is 221 g/mol. The molecular formula is C13H10FNO2. The predicted molar refractivity (Wildman–Crippen MR) is 61.6 cm³/mol. The first-order valence-corrected chi connectivity index (χ1v) is 4.99. The fraction of sp³-hybridized carbons (Fsp3) is 0.0769. The second-order valence-corrected chi connectivity index (χ2v) is 3.45. The lowest BCUT2D eigenvalue weighted by atomic mass is 10.1. The third-order valence-corrected chi connectivity index (χ3v) is 2.39. The summed E-state index contributed by atoms with van der Waals surface area (Å²) in [6.07, 6.45) is 3.61. The normalized spacial score (nSPS) is 10.0. The van der Waals surface area contributed by atoms with Crippen molar-refractivity contribution in [2.24, 2.45) is 0 Å². The molecule has 0 fully saturated rings. The van der Waals surface area contributed by atoms with Gasteiger partial charge in [-0.25, -0.2) is 4.39 Å². The van der Waals surface area contributed by atoms with Gasteiger partial charge in [0.15, 0.2) is 17.9 Å². The molecule has 0 N–H and O–H groups in total.